The first kappa shape index (κ1) is 12.6. The average molecular weight is 267 g/mol. The third-order valence-corrected chi connectivity index (χ3v) is 4.30. The van der Waals surface area contributed by atoms with Gasteiger partial charge in [0, 0.05) is 10.8 Å². The first-order chi connectivity index (χ1) is 8.18. The maximum atomic E-state index is 10.9. The molecular formula is C14H15ClOS. The molecule has 0 radical (unpaired) electrons. The Morgan fingerprint density at radius 3 is 2.47 bits per heavy atom. The van der Waals surface area contributed by atoms with Gasteiger partial charge in [-0.15, -0.1) is 22.9 Å². The first-order valence-corrected chi connectivity index (χ1v) is 6.98. The Kier molecular flexibility index (Phi) is 3.87. The van der Waals surface area contributed by atoms with E-state index in [0.717, 1.165) is 16.0 Å². The van der Waals surface area contributed by atoms with Crippen molar-refractivity contribution in [1.29, 1.82) is 0 Å². The molecule has 0 spiro atoms. The number of alkyl halides is 1. The second-order valence-corrected chi connectivity index (χ2v) is 5.39. The number of rotatable bonds is 4. The van der Waals surface area contributed by atoms with Crippen LogP contribution in [0.15, 0.2) is 41.8 Å². The third kappa shape index (κ3) is 2.39. The highest BCUT2D eigenvalue weighted by molar-refractivity contribution is 7.10. The topological polar surface area (TPSA) is 20.2 Å². The molecule has 0 aliphatic heterocycles. The van der Waals surface area contributed by atoms with Gasteiger partial charge in [0.15, 0.2) is 0 Å². The molecule has 2 aromatic rings. The number of aryl methyl sites for hydroxylation is 1. The van der Waals surface area contributed by atoms with Gasteiger partial charge in [0.1, 0.15) is 5.60 Å². The van der Waals surface area contributed by atoms with Gasteiger partial charge >= 0.3 is 0 Å². The van der Waals surface area contributed by atoms with E-state index in [4.69, 9.17) is 11.6 Å². The zero-order valence-corrected chi connectivity index (χ0v) is 11.3. The van der Waals surface area contributed by atoms with E-state index >= 15 is 0 Å². The van der Waals surface area contributed by atoms with Crippen LogP contribution in [0, 0.1) is 6.92 Å². The quantitative estimate of drug-likeness (QED) is 0.832. The summed E-state index contributed by atoms with van der Waals surface area (Å²) < 4.78 is 0. The van der Waals surface area contributed by atoms with Crippen molar-refractivity contribution in [1.82, 2.24) is 0 Å². The summed E-state index contributed by atoms with van der Waals surface area (Å²) >= 11 is 7.43. The van der Waals surface area contributed by atoms with Gasteiger partial charge in [0.05, 0.1) is 0 Å². The van der Waals surface area contributed by atoms with Gasteiger partial charge in [-0.1, -0.05) is 30.3 Å². The van der Waals surface area contributed by atoms with Gasteiger partial charge in [-0.05, 0) is 35.9 Å². The van der Waals surface area contributed by atoms with E-state index in [-0.39, 0.29) is 0 Å². The molecule has 17 heavy (non-hydrogen) atoms. The predicted molar refractivity (Wildman–Crippen MR) is 73.8 cm³/mol. The molecule has 3 heteroatoms. The van der Waals surface area contributed by atoms with E-state index in [0.29, 0.717) is 12.3 Å². The average Bonchev–Trinajstić information content (AvgIpc) is 2.77. The van der Waals surface area contributed by atoms with E-state index in [9.17, 15) is 5.11 Å². The standard InChI is InChI=1S/C14H15ClOS/c1-11-7-10-17-13(11)14(16,8-9-15)12-5-3-2-4-6-12/h2-7,10,16H,8-9H2,1H3. The minimum Gasteiger partial charge on any atom is -0.379 e. The van der Waals surface area contributed by atoms with E-state index in [1.54, 1.807) is 11.3 Å². The van der Waals surface area contributed by atoms with Crippen molar-refractivity contribution >= 4 is 22.9 Å². The molecule has 90 valence electrons. The number of halogens is 1. The summed E-state index contributed by atoms with van der Waals surface area (Å²) in [6, 6.07) is 11.8. The molecule has 1 unspecified atom stereocenters. The van der Waals surface area contributed by atoms with Crippen LogP contribution in [0.1, 0.15) is 22.4 Å². The van der Waals surface area contributed by atoms with Crippen LogP contribution in [0.3, 0.4) is 0 Å². The fourth-order valence-corrected chi connectivity index (χ4v) is 3.39. The molecule has 1 aromatic carbocycles. The maximum absolute atomic E-state index is 10.9. The third-order valence-electron chi connectivity index (χ3n) is 2.95. The minimum atomic E-state index is -0.957. The van der Waals surface area contributed by atoms with E-state index in [1.807, 2.05) is 48.7 Å². The Hall–Kier alpha value is -0.830. The zero-order chi connectivity index (χ0) is 12.3. The fraction of sp³-hybridized carbons (Fsp3) is 0.286. The lowest BCUT2D eigenvalue weighted by Gasteiger charge is -2.28. The Morgan fingerprint density at radius 1 is 1.24 bits per heavy atom. The lowest BCUT2D eigenvalue weighted by Crippen LogP contribution is -2.27. The second-order valence-electron chi connectivity index (χ2n) is 4.10. The van der Waals surface area contributed by atoms with Crippen LogP contribution in [0.25, 0.3) is 0 Å². The van der Waals surface area contributed by atoms with Crippen molar-refractivity contribution in [3.05, 3.63) is 57.8 Å². The summed E-state index contributed by atoms with van der Waals surface area (Å²) in [4.78, 5) is 0.990. The zero-order valence-electron chi connectivity index (χ0n) is 9.69. The van der Waals surface area contributed by atoms with E-state index < -0.39 is 5.60 Å². The van der Waals surface area contributed by atoms with Gasteiger partial charge in [-0.2, -0.15) is 0 Å². The van der Waals surface area contributed by atoms with Crippen LogP contribution in [-0.4, -0.2) is 11.0 Å². The molecule has 1 heterocycles. The second kappa shape index (κ2) is 5.21. The molecule has 1 aromatic heterocycles. The summed E-state index contributed by atoms with van der Waals surface area (Å²) in [6.45, 7) is 2.02. The number of thiophene rings is 1. The number of hydrogen-bond donors (Lipinski definition) is 1. The monoisotopic (exact) mass is 266 g/mol. The maximum Gasteiger partial charge on any atom is 0.125 e. The number of benzene rings is 1. The highest BCUT2D eigenvalue weighted by atomic mass is 35.5. The van der Waals surface area contributed by atoms with Crippen molar-refractivity contribution in [3.63, 3.8) is 0 Å². The fourth-order valence-electron chi connectivity index (χ4n) is 2.04. The van der Waals surface area contributed by atoms with Crippen LogP contribution in [0.4, 0.5) is 0 Å². The minimum absolute atomic E-state index is 0.433. The molecule has 0 saturated carbocycles. The predicted octanol–water partition coefficient (Wildman–Crippen LogP) is 3.92. The first-order valence-electron chi connectivity index (χ1n) is 5.57. The normalized spacial score (nSPS) is 14.5. The Labute approximate surface area is 111 Å². The van der Waals surface area contributed by atoms with Gasteiger partial charge in [0.2, 0.25) is 0 Å². The van der Waals surface area contributed by atoms with Gasteiger partial charge in [-0.3, -0.25) is 0 Å². The summed E-state index contributed by atoms with van der Waals surface area (Å²) in [7, 11) is 0. The van der Waals surface area contributed by atoms with Gasteiger partial charge < -0.3 is 5.11 Å². The van der Waals surface area contributed by atoms with Gasteiger partial charge in [0.25, 0.3) is 0 Å². The number of aliphatic hydroxyl groups is 1. The Balaban J connectivity index is 2.50. The molecule has 0 aliphatic rings. The molecule has 0 fully saturated rings. The Morgan fingerprint density at radius 2 is 1.94 bits per heavy atom. The molecular weight excluding hydrogens is 252 g/mol. The molecule has 0 aliphatic carbocycles. The van der Waals surface area contributed by atoms with Crippen molar-refractivity contribution in [2.75, 3.05) is 5.88 Å². The lowest BCUT2D eigenvalue weighted by atomic mass is 9.88. The molecule has 1 nitrogen and oxygen atoms in total. The molecule has 1 atom stereocenters. The smallest absolute Gasteiger partial charge is 0.125 e. The lowest BCUT2D eigenvalue weighted by molar-refractivity contribution is 0.0807. The van der Waals surface area contributed by atoms with Crippen molar-refractivity contribution in [2.45, 2.75) is 18.9 Å². The molecule has 0 bridgehead atoms. The highest BCUT2D eigenvalue weighted by Gasteiger charge is 2.33. The van der Waals surface area contributed by atoms with Crippen molar-refractivity contribution in [2.24, 2.45) is 0 Å². The highest BCUT2D eigenvalue weighted by Crippen LogP contribution is 2.38. The van der Waals surface area contributed by atoms with Crippen molar-refractivity contribution in [3.8, 4) is 0 Å². The van der Waals surface area contributed by atoms with Crippen LogP contribution >= 0.6 is 22.9 Å². The largest absolute Gasteiger partial charge is 0.379 e. The van der Waals surface area contributed by atoms with Crippen LogP contribution in [0.5, 0.6) is 0 Å². The summed E-state index contributed by atoms with van der Waals surface area (Å²) in [5.41, 5.74) is 1.07. The summed E-state index contributed by atoms with van der Waals surface area (Å²) in [5, 5.41) is 13.0. The molecule has 2 rings (SSSR count). The SMILES string of the molecule is Cc1ccsc1C(O)(CCCl)c1ccccc1. The molecule has 0 amide bonds. The van der Waals surface area contributed by atoms with E-state index in [1.165, 1.54) is 0 Å². The van der Waals surface area contributed by atoms with Crippen LogP contribution in [0.2, 0.25) is 0 Å². The molecule has 1 N–H and O–H groups in total. The van der Waals surface area contributed by atoms with Gasteiger partial charge in [-0.25, -0.2) is 0 Å². The van der Waals surface area contributed by atoms with E-state index in [2.05, 4.69) is 0 Å². The van der Waals surface area contributed by atoms with Crippen LogP contribution < -0.4 is 0 Å². The summed E-state index contributed by atoms with van der Waals surface area (Å²) in [6.07, 6.45) is 0.528. The Bertz CT molecular complexity index is 480. The van der Waals surface area contributed by atoms with Crippen LogP contribution in [-0.2, 0) is 5.60 Å². The number of hydrogen-bond acceptors (Lipinski definition) is 2. The molecule has 0 saturated heterocycles. The summed E-state index contributed by atoms with van der Waals surface area (Å²) in [5.74, 6) is 0.433. The van der Waals surface area contributed by atoms with Crippen molar-refractivity contribution < 1.29 is 5.11 Å².